The van der Waals surface area contributed by atoms with E-state index in [9.17, 15) is 5.11 Å². The van der Waals surface area contributed by atoms with Gasteiger partial charge in [-0.25, -0.2) is 0 Å². The van der Waals surface area contributed by atoms with Crippen LogP contribution in [0.1, 0.15) is 17.3 Å². The van der Waals surface area contributed by atoms with Gasteiger partial charge in [0.05, 0.1) is 16.4 Å². The summed E-state index contributed by atoms with van der Waals surface area (Å²) in [6.07, 6.45) is 1.16. The van der Waals surface area contributed by atoms with Crippen molar-refractivity contribution >= 4 is 27.3 Å². The molecule has 2 N–H and O–H groups in total. The van der Waals surface area contributed by atoms with Gasteiger partial charge >= 0.3 is 0 Å². The third-order valence-corrected chi connectivity index (χ3v) is 4.64. The number of aliphatic hydroxyl groups is 1. The van der Waals surface area contributed by atoms with Crippen molar-refractivity contribution in [2.45, 2.75) is 12.5 Å². The summed E-state index contributed by atoms with van der Waals surface area (Å²) in [5.74, 6) is 0. The van der Waals surface area contributed by atoms with E-state index in [1.54, 1.807) is 11.3 Å². The molecule has 1 fully saturated rings. The molecule has 0 radical (unpaired) electrons. The van der Waals surface area contributed by atoms with Crippen molar-refractivity contribution in [3.8, 4) is 0 Å². The second kappa shape index (κ2) is 6.12. The molecule has 2 heterocycles. The smallest absolute Gasteiger partial charge is 0.0702 e. The molecule has 1 aromatic rings. The van der Waals surface area contributed by atoms with E-state index < -0.39 is 0 Å². The van der Waals surface area contributed by atoms with E-state index in [1.165, 1.54) is 4.88 Å². The fraction of sp³-hybridized carbons (Fsp3) is 0.636. The van der Waals surface area contributed by atoms with Crippen molar-refractivity contribution < 1.29 is 5.11 Å². The number of thiophene rings is 1. The fourth-order valence-electron chi connectivity index (χ4n) is 2.07. The predicted molar refractivity (Wildman–Crippen MR) is 70.9 cm³/mol. The molecule has 1 aliphatic heterocycles. The Morgan fingerprint density at radius 1 is 1.44 bits per heavy atom. The Balaban J connectivity index is 2.08. The largest absolute Gasteiger partial charge is 0.394 e. The van der Waals surface area contributed by atoms with E-state index in [1.807, 2.05) is 0 Å². The van der Waals surface area contributed by atoms with Gasteiger partial charge in [0.2, 0.25) is 0 Å². The summed E-state index contributed by atoms with van der Waals surface area (Å²) in [6.45, 7) is 4.38. The lowest BCUT2D eigenvalue weighted by molar-refractivity contribution is 0.132. The molecule has 0 amide bonds. The van der Waals surface area contributed by atoms with Crippen molar-refractivity contribution in [1.82, 2.24) is 10.2 Å². The number of nitrogens with zero attached hydrogens (tertiary/aromatic N) is 1. The number of nitrogens with one attached hydrogen (secondary N) is 1. The topological polar surface area (TPSA) is 35.5 Å². The molecule has 1 aromatic heterocycles. The zero-order valence-corrected chi connectivity index (χ0v) is 11.6. The van der Waals surface area contributed by atoms with Crippen LogP contribution in [0.15, 0.2) is 15.9 Å². The molecule has 1 atom stereocenters. The molecule has 3 nitrogen and oxygen atoms in total. The number of halogens is 1. The maximum atomic E-state index is 9.56. The van der Waals surface area contributed by atoms with Gasteiger partial charge in [-0.1, -0.05) is 0 Å². The van der Waals surface area contributed by atoms with Crippen molar-refractivity contribution in [3.63, 3.8) is 0 Å². The zero-order chi connectivity index (χ0) is 11.4. The number of aliphatic hydroxyl groups excluding tert-OH is 1. The van der Waals surface area contributed by atoms with Gasteiger partial charge in [-0.2, -0.15) is 0 Å². The van der Waals surface area contributed by atoms with Gasteiger partial charge in [-0.3, -0.25) is 4.90 Å². The summed E-state index contributed by atoms with van der Waals surface area (Å²) in [5, 5.41) is 12.9. The van der Waals surface area contributed by atoms with Crippen LogP contribution in [0.5, 0.6) is 0 Å². The third-order valence-electron chi connectivity index (χ3n) is 2.91. The van der Waals surface area contributed by atoms with Crippen LogP contribution in [-0.4, -0.2) is 42.8 Å². The van der Waals surface area contributed by atoms with Gasteiger partial charge in [-0.05, 0) is 41.0 Å². The molecule has 16 heavy (non-hydrogen) atoms. The summed E-state index contributed by atoms with van der Waals surface area (Å²) >= 11 is 5.19. The van der Waals surface area contributed by atoms with E-state index in [0.717, 1.165) is 36.4 Å². The number of hydrogen-bond acceptors (Lipinski definition) is 4. The normalized spacial score (nSPS) is 20.6. The first-order chi connectivity index (χ1) is 7.81. The van der Waals surface area contributed by atoms with Crippen LogP contribution in [0.25, 0.3) is 0 Å². The van der Waals surface area contributed by atoms with Crippen LogP contribution in [-0.2, 0) is 0 Å². The number of rotatable bonds is 3. The van der Waals surface area contributed by atoms with Crippen LogP contribution < -0.4 is 5.32 Å². The second-order valence-corrected chi connectivity index (χ2v) is 6.47. The van der Waals surface area contributed by atoms with Crippen LogP contribution in [0.4, 0.5) is 0 Å². The molecule has 1 unspecified atom stereocenters. The first-order valence-electron chi connectivity index (χ1n) is 5.62. The van der Waals surface area contributed by atoms with Gasteiger partial charge in [0, 0.05) is 24.5 Å². The molecular weight excluding hydrogens is 288 g/mol. The lowest BCUT2D eigenvalue weighted by atomic mass is 10.2. The summed E-state index contributed by atoms with van der Waals surface area (Å²) in [6, 6.07) is 4.32. The lowest BCUT2D eigenvalue weighted by Crippen LogP contribution is -2.33. The van der Waals surface area contributed by atoms with Gasteiger partial charge in [0.15, 0.2) is 0 Å². The van der Waals surface area contributed by atoms with E-state index in [0.29, 0.717) is 0 Å². The van der Waals surface area contributed by atoms with Crippen molar-refractivity contribution in [1.29, 1.82) is 0 Å². The molecule has 0 aliphatic carbocycles. The van der Waals surface area contributed by atoms with Crippen molar-refractivity contribution in [3.05, 3.63) is 20.8 Å². The summed E-state index contributed by atoms with van der Waals surface area (Å²) < 4.78 is 1.13. The molecule has 2 rings (SSSR count). The Morgan fingerprint density at radius 3 is 3.00 bits per heavy atom. The highest BCUT2D eigenvalue weighted by Crippen LogP contribution is 2.30. The minimum Gasteiger partial charge on any atom is -0.394 e. The van der Waals surface area contributed by atoms with E-state index in [-0.39, 0.29) is 12.6 Å². The summed E-state index contributed by atoms with van der Waals surface area (Å²) in [5.41, 5.74) is 0. The predicted octanol–water partition coefficient (Wildman–Crippen LogP) is 1.84. The van der Waals surface area contributed by atoms with Gasteiger partial charge < -0.3 is 10.4 Å². The Morgan fingerprint density at radius 2 is 2.31 bits per heavy atom. The monoisotopic (exact) mass is 304 g/mol. The molecular formula is C11H17BrN2OS. The highest BCUT2D eigenvalue weighted by atomic mass is 79.9. The average molecular weight is 305 g/mol. The Labute approximate surface area is 109 Å². The van der Waals surface area contributed by atoms with Crippen LogP contribution in [0.3, 0.4) is 0 Å². The molecule has 0 aromatic carbocycles. The standard InChI is InChI=1S/C11H17BrN2OS/c12-11-3-2-10(16-11)9(8-15)14-6-1-4-13-5-7-14/h2-3,9,13,15H,1,4-8H2. The van der Waals surface area contributed by atoms with Crippen molar-refractivity contribution in [2.24, 2.45) is 0 Å². The highest BCUT2D eigenvalue weighted by Gasteiger charge is 2.21. The minimum absolute atomic E-state index is 0.163. The van der Waals surface area contributed by atoms with Crippen molar-refractivity contribution in [2.75, 3.05) is 32.8 Å². The van der Waals surface area contributed by atoms with Gasteiger partial charge in [0.1, 0.15) is 0 Å². The van der Waals surface area contributed by atoms with Crippen LogP contribution in [0, 0.1) is 0 Å². The van der Waals surface area contributed by atoms with E-state index in [4.69, 9.17) is 0 Å². The Hall–Kier alpha value is 0.0600. The summed E-state index contributed by atoms with van der Waals surface area (Å²) in [4.78, 5) is 3.62. The molecule has 0 saturated carbocycles. The van der Waals surface area contributed by atoms with Gasteiger partial charge in [0.25, 0.3) is 0 Å². The van der Waals surface area contributed by atoms with Crippen LogP contribution in [0.2, 0.25) is 0 Å². The van der Waals surface area contributed by atoms with Crippen LogP contribution >= 0.6 is 27.3 Å². The average Bonchev–Trinajstić information content (AvgIpc) is 2.55. The lowest BCUT2D eigenvalue weighted by Gasteiger charge is -2.28. The van der Waals surface area contributed by atoms with E-state index in [2.05, 4.69) is 38.3 Å². The molecule has 0 bridgehead atoms. The maximum Gasteiger partial charge on any atom is 0.0702 e. The summed E-state index contributed by atoms with van der Waals surface area (Å²) in [7, 11) is 0. The SMILES string of the molecule is OCC(c1ccc(Br)s1)N1CCCNCC1. The molecule has 5 heteroatoms. The molecule has 1 aliphatic rings. The maximum absolute atomic E-state index is 9.56. The molecule has 1 saturated heterocycles. The highest BCUT2D eigenvalue weighted by molar-refractivity contribution is 9.11. The second-order valence-electron chi connectivity index (χ2n) is 3.98. The number of hydrogen-bond donors (Lipinski definition) is 2. The fourth-order valence-corrected chi connectivity index (χ4v) is 3.62. The first-order valence-corrected chi connectivity index (χ1v) is 7.23. The molecule has 0 spiro atoms. The quantitative estimate of drug-likeness (QED) is 0.894. The first kappa shape index (κ1) is 12.5. The van der Waals surface area contributed by atoms with Gasteiger partial charge in [-0.15, -0.1) is 11.3 Å². The molecule has 90 valence electrons. The third kappa shape index (κ3) is 3.05. The zero-order valence-electron chi connectivity index (χ0n) is 9.16. The minimum atomic E-state index is 0.163. The Bertz CT molecular complexity index is 324. The van der Waals surface area contributed by atoms with E-state index >= 15 is 0 Å². The Kier molecular flexibility index (Phi) is 4.79.